The first kappa shape index (κ1) is 25.0. The highest BCUT2D eigenvalue weighted by molar-refractivity contribution is 6.30. The molecule has 1 aromatic heterocycles. The molecule has 0 atom stereocenters. The Labute approximate surface area is 217 Å². The molecule has 2 aromatic rings. The fourth-order valence-electron chi connectivity index (χ4n) is 6.02. The molecule has 0 radical (unpaired) electrons. The predicted octanol–water partition coefficient (Wildman–Crippen LogP) is 4.16. The topological polar surface area (TPSA) is 118 Å². The second-order valence-corrected chi connectivity index (χ2v) is 10.7. The maximum Gasteiger partial charge on any atom is 0.146 e. The van der Waals surface area contributed by atoms with Crippen LogP contribution in [0.3, 0.4) is 0 Å². The van der Waals surface area contributed by atoms with E-state index in [9.17, 15) is 0 Å². The molecular formula is C27H35ClN8. The van der Waals surface area contributed by atoms with Gasteiger partial charge >= 0.3 is 0 Å². The molecule has 0 amide bonds. The Balaban J connectivity index is 1.26. The molecule has 1 aromatic carbocycles. The van der Waals surface area contributed by atoms with Crippen molar-refractivity contribution in [2.75, 3.05) is 31.6 Å². The maximum absolute atomic E-state index is 7.99. The van der Waals surface area contributed by atoms with Crippen LogP contribution in [0.2, 0.25) is 5.02 Å². The Kier molecular flexibility index (Phi) is 7.48. The largest absolute Gasteiger partial charge is 0.312 e. The fourth-order valence-corrected chi connectivity index (χ4v) is 6.15. The van der Waals surface area contributed by atoms with Gasteiger partial charge in [0.1, 0.15) is 12.1 Å². The Morgan fingerprint density at radius 3 is 2.53 bits per heavy atom. The molecule has 2 aliphatic heterocycles. The first-order chi connectivity index (χ1) is 17.5. The molecule has 0 unspecified atom stereocenters. The third kappa shape index (κ3) is 5.09. The van der Waals surface area contributed by atoms with Gasteiger partial charge in [-0.1, -0.05) is 29.3 Å². The summed E-state index contributed by atoms with van der Waals surface area (Å²) < 4.78 is 0. The van der Waals surface area contributed by atoms with Gasteiger partial charge in [0.2, 0.25) is 0 Å². The number of nitrogens with zero attached hydrogens (tertiary/aromatic N) is 4. The monoisotopic (exact) mass is 506 g/mol. The van der Waals surface area contributed by atoms with E-state index < -0.39 is 5.41 Å². The molecule has 9 heteroatoms. The molecule has 0 spiro atoms. The third-order valence-electron chi connectivity index (χ3n) is 8.25. The number of anilines is 1. The molecule has 8 nitrogen and oxygen atoms in total. The summed E-state index contributed by atoms with van der Waals surface area (Å²) in [6.07, 6.45) is 10.2. The van der Waals surface area contributed by atoms with Crippen LogP contribution in [0.4, 0.5) is 5.82 Å². The van der Waals surface area contributed by atoms with Gasteiger partial charge in [0, 0.05) is 54.1 Å². The molecule has 0 saturated carbocycles. The number of hydrazine groups is 1. The van der Waals surface area contributed by atoms with Crippen molar-refractivity contribution < 1.29 is 0 Å². The molecule has 5 rings (SSSR count). The van der Waals surface area contributed by atoms with E-state index in [4.69, 9.17) is 28.3 Å². The zero-order valence-electron chi connectivity index (χ0n) is 20.6. The smallest absolute Gasteiger partial charge is 0.146 e. The molecule has 5 N–H and O–H groups in total. The number of nitrogens with two attached hydrogens (primary N) is 1. The van der Waals surface area contributed by atoms with Crippen LogP contribution in [-0.4, -0.2) is 64.4 Å². The van der Waals surface area contributed by atoms with Crippen molar-refractivity contribution >= 4 is 35.4 Å². The van der Waals surface area contributed by atoms with Crippen LogP contribution in [-0.2, 0) is 13.0 Å². The van der Waals surface area contributed by atoms with E-state index >= 15 is 0 Å². The van der Waals surface area contributed by atoms with Crippen LogP contribution in [0, 0.1) is 16.2 Å². The highest BCUT2D eigenvalue weighted by Crippen LogP contribution is 2.42. The van der Waals surface area contributed by atoms with Crippen molar-refractivity contribution in [2.24, 2.45) is 11.3 Å². The first-order valence-electron chi connectivity index (χ1n) is 12.8. The summed E-state index contributed by atoms with van der Waals surface area (Å²) in [5.41, 5.74) is 8.37. The van der Waals surface area contributed by atoms with Gasteiger partial charge in [-0.3, -0.25) is 9.80 Å². The van der Waals surface area contributed by atoms with Gasteiger partial charge in [0.15, 0.2) is 0 Å². The quantitative estimate of drug-likeness (QED) is 0.254. The first-order valence-corrected chi connectivity index (χ1v) is 13.2. The van der Waals surface area contributed by atoms with Gasteiger partial charge in [0.25, 0.3) is 0 Å². The van der Waals surface area contributed by atoms with Crippen molar-refractivity contribution in [3.63, 3.8) is 0 Å². The van der Waals surface area contributed by atoms with Crippen LogP contribution < -0.4 is 11.3 Å². The molecule has 3 aliphatic rings. The number of piperidine rings is 1. The average molecular weight is 507 g/mol. The number of aromatic nitrogens is 2. The van der Waals surface area contributed by atoms with Gasteiger partial charge in [-0.05, 0) is 74.9 Å². The van der Waals surface area contributed by atoms with Gasteiger partial charge in [-0.25, -0.2) is 15.8 Å². The third-order valence-corrected chi connectivity index (χ3v) is 8.51. The number of nitrogen functional groups attached to an aromatic ring is 1. The second-order valence-electron chi connectivity index (χ2n) is 10.3. The number of allylic oxidation sites excluding steroid dienone is 1. The van der Waals surface area contributed by atoms with Crippen molar-refractivity contribution in [1.29, 1.82) is 10.8 Å². The van der Waals surface area contributed by atoms with Crippen LogP contribution in [0.1, 0.15) is 48.9 Å². The molecule has 1 fully saturated rings. The molecule has 1 saturated heterocycles. The lowest BCUT2D eigenvalue weighted by Gasteiger charge is -2.41. The number of nitrogens with one attached hydrogen (secondary N) is 3. The van der Waals surface area contributed by atoms with Gasteiger partial charge in [0.05, 0.1) is 5.69 Å². The van der Waals surface area contributed by atoms with Crippen LogP contribution in [0.5, 0.6) is 0 Å². The zero-order valence-corrected chi connectivity index (χ0v) is 21.4. The van der Waals surface area contributed by atoms with E-state index in [1.807, 2.05) is 12.1 Å². The summed E-state index contributed by atoms with van der Waals surface area (Å²) in [6.45, 7) is 4.98. The Morgan fingerprint density at radius 2 is 1.83 bits per heavy atom. The van der Waals surface area contributed by atoms with Crippen molar-refractivity contribution in [3.8, 4) is 0 Å². The number of hydrogen-bond donors (Lipinski definition) is 4. The number of rotatable bonds is 7. The van der Waals surface area contributed by atoms with E-state index in [-0.39, 0.29) is 0 Å². The molecule has 3 heterocycles. The number of halogens is 1. The minimum atomic E-state index is -0.473. The summed E-state index contributed by atoms with van der Waals surface area (Å²) in [5, 5.41) is 16.7. The van der Waals surface area contributed by atoms with Gasteiger partial charge in [-0.2, -0.15) is 0 Å². The van der Waals surface area contributed by atoms with E-state index in [1.54, 1.807) is 6.33 Å². The van der Waals surface area contributed by atoms with Crippen molar-refractivity contribution in [1.82, 2.24) is 19.8 Å². The summed E-state index contributed by atoms with van der Waals surface area (Å²) in [6, 6.07) is 8.60. The molecule has 1 aliphatic carbocycles. The highest BCUT2D eigenvalue weighted by Gasteiger charge is 2.34. The van der Waals surface area contributed by atoms with Crippen LogP contribution in [0.15, 0.2) is 36.2 Å². The minimum Gasteiger partial charge on any atom is -0.312 e. The maximum atomic E-state index is 7.99. The summed E-state index contributed by atoms with van der Waals surface area (Å²) in [5.74, 6) is 6.39. The van der Waals surface area contributed by atoms with Crippen molar-refractivity contribution in [2.45, 2.75) is 51.1 Å². The van der Waals surface area contributed by atoms with Crippen LogP contribution >= 0.6 is 11.6 Å². The SMILES string of the molecule is N=CC1(C=N)CCC(CN2CCC(N3CCc4c(ncnc4NN)C3)CC2)=C(c2ccc(Cl)cc2)C1. The fraction of sp³-hybridized carbons (Fsp3) is 0.481. The second kappa shape index (κ2) is 10.8. The average Bonchev–Trinajstić information content (AvgIpc) is 2.93. The molecule has 0 bridgehead atoms. The lowest BCUT2D eigenvalue weighted by molar-refractivity contribution is 0.100. The van der Waals surface area contributed by atoms with Gasteiger partial charge in [-0.15, -0.1) is 0 Å². The molecule has 36 heavy (non-hydrogen) atoms. The van der Waals surface area contributed by atoms with E-state index in [0.717, 1.165) is 92.5 Å². The van der Waals surface area contributed by atoms with E-state index in [2.05, 4.69) is 37.3 Å². The summed E-state index contributed by atoms with van der Waals surface area (Å²) >= 11 is 6.16. The summed E-state index contributed by atoms with van der Waals surface area (Å²) in [4.78, 5) is 13.9. The Hall–Kier alpha value is -2.65. The number of hydrogen-bond acceptors (Lipinski definition) is 8. The van der Waals surface area contributed by atoms with Crippen LogP contribution in [0.25, 0.3) is 5.57 Å². The van der Waals surface area contributed by atoms with E-state index in [0.29, 0.717) is 12.5 Å². The normalized spacial score (nSPS) is 23.8. The molecular weight excluding hydrogens is 472 g/mol. The summed E-state index contributed by atoms with van der Waals surface area (Å²) in [7, 11) is 0. The number of benzene rings is 1. The standard InChI is InChI=1S/C27H35ClN8/c28-21-3-1-19(2-4-21)24-13-27(16-29,17-30)9-5-20(24)14-35-10-6-22(7-11-35)36-12-8-23-25(15-36)32-18-33-26(23)34-31/h1-4,16-18,22,29-30H,5-15,31H2,(H,32,33,34). The Morgan fingerprint density at radius 1 is 1.08 bits per heavy atom. The lowest BCUT2D eigenvalue weighted by atomic mass is 9.71. The Bertz CT molecular complexity index is 1130. The number of likely N-dealkylation sites (tertiary alicyclic amines) is 1. The minimum absolute atomic E-state index is 0.473. The van der Waals surface area contributed by atoms with E-state index in [1.165, 1.54) is 23.6 Å². The molecule has 190 valence electrons. The number of fused-ring (bicyclic) bond motifs is 1. The zero-order chi connectivity index (χ0) is 25.1. The predicted molar refractivity (Wildman–Crippen MR) is 146 cm³/mol. The van der Waals surface area contributed by atoms with Crippen molar-refractivity contribution in [3.05, 3.63) is 58.0 Å². The van der Waals surface area contributed by atoms with Gasteiger partial charge < -0.3 is 16.2 Å². The highest BCUT2D eigenvalue weighted by atomic mass is 35.5. The lowest BCUT2D eigenvalue weighted by Crippen LogP contribution is -2.47.